The monoisotopic (exact) mass is 508 g/mol. The minimum atomic E-state index is 0.623. The van der Waals surface area contributed by atoms with E-state index in [2.05, 4.69) is 59.4 Å². The van der Waals surface area contributed by atoms with Crippen molar-refractivity contribution < 1.29 is 0 Å². The van der Waals surface area contributed by atoms with Gasteiger partial charge in [-0.2, -0.15) is 5.10 Å². The molecule has 0 atom stereocenters. The molecule has 0 bridgehead atoms. The highest BCUT2D eigenvalue weighted by Gasteiger charge is 2.17. The first-order valence-electron chi connectivity index (χ1n) is 12.5. The van der Waals surface area contributed by atoms with Crippen LogP contribution in [0.3, 0.4) is 0 Å². The van der Waals surface area contributed by atoms with Crippen LogP contribution in [0.5, 0.6) is 0 Å². The van der Waals surface area contributed by atoms with E-state index in [1.54, 1.807) is 18.6 Å². The number of H-pyrrole nitrogens is 3. The van der Waals surface area contributed by atoms with E-state index in [9.17, 15) is 0 Å². The standard InChI is InChI=1S/C29H20N10/c1-2-6-20-19(5-1)22(14-33-25(20)28-31-8-9-32-28)18-12-21-26(37-38-27(21)34-13-18)29-35-23-7-3-4-17(24(23)36-29)15-39-11-10-30-16-39/h1-14,16H,15H2,(H,31,32)(H,35,36)(H,34,37,38). The van der Waals surface area contributed by atoms with Gasteiger partial charge in [0.15, 0.2) is 17.3 Å². The van der Waals surface area contributed by atoms with Crippen LogP contribution in [0.4, 0.5) is 0 Å². The van der Waals surface area contributed by atoms with E-state index >= 15 is 0 Å². The number of pyridine rings is 2. The Kier molecular flexibility index (Phi) is 4.65. The smallest absolute Gasteiger partial charge is 0.181 e. The lowest BCUT2D eigenvalue weighted by Gasteiger charge is -2.09. The number of nitrogens with one attached hydrogen (secondary N) is 3. The van der Waals surface area contributed by atoms with Gasteiger partial charge in [0, 0.05) is 53.7 Å². The molecule has 0 unspecified atom stereocenters. The number of aromatic nitrogens is 10. The van der Waals surface area contributed by atoms with Crippen LogP contribution < -0.4 is 0 Å². The molecule has 0 aliphatic carbocycles. The number of rotatable bonds is 5. The maximum Gasteiger partial charge on any atom is 0.181 e. The van der Waals surface area contributed by atoms with Crippen LogP contribution in [-0.2, 0) is 6.54 Å². The maximum atomic E-state index is 4.97. The highest BCUT2D eigenvalue weighted by molar-refractivity contribution is 6.03. The van der Waals surface area contributed by atoms with Crippen molar-refractivity contribution in [1.82, 2.24) is 49.7 Å². The van der Waals surface area contributed by atoms with Crippen molar-refractivity contribution in [2.45, 2.75) is 6.54 Å². The van der Waals surface area contributed by atoms with Crippen LogP contribution >= 0.6 is 0 Å². The Hall–Kier alpha value is -5.64. The van der Waals surface area contributed by atoms with Gasteiger partial charge in [0.2, 0.25) is 0 Å². The largest absolute Gasteiger partial charge is 0.343 e. The summed E-state index contributed by atoms with van der Waals surface area (Å²) in [5.41, 5.74) is 7.11. The molecule has 8 aromatic rings. The molecule has 3 N–H and O–H groups in total. The first-order valence-corrected chi connectivity index (χ1v) is 12.5. The molecule has 8 rings (SSSR count). The van der Waals surface area contributed by atoms with Crippen molar-refractivity contribution in [3.05, 3.63) is 97.6 Å². The van der Waals surface area contributed by atoms with Gasteiger partial charge < -0.3 is 14.5 Å². The Morgan fingerprint density at radius 2 is 1.79 bits per heavy atom. The van der Waals surface area contributed by atoms with Crippen molar-refractivity contribution in [2.24, 2.45) is 0 Å². The first-order chi connectivity index (χ1) is 19.3. The third kappa shape index (κ3) is 3.50. The van der Waals surface area contributed by atoms with Crippen LogP contribution in [0.1, 0.15) is 5.56 Å². The summed E-state index contributed by atoms with van der Waals surface area (Å²) in [5.74, 6) is 1.45. The predicted molar refractivity (Wildman–Crippen MR) is 149 cm³/mol. The van der Waals surface area contributed by atoms with Crippen LogP contribution in [-0.4, -0.2) is 49.7 Å². The molecule has 39 heavy (non-hydrogen) atoms. The molecule has 0 spiro atoms. The summed E-state index contributed by atoms with van der Waals surface area (Å²) in [6.45, 7) is 0.686. The van der Waals surface area contributed by atoms with Crippen molar-refractivity contribution in [3.63, 3.8) is 0 Å². The normalized spacial score (nSPS) is 11.7. The maximum absolute atomic E-state index is 4.97. The minimum Gasteiger partial charge on any atom is -0.343 e. The number of aromatic amines is 3. The summed E-state index contributed by atoms with van der Waals surface area (Å²) < 4.78 is 2.03. The number of benzene rings is 2. The van der Waals surface area contributed by atoms with E-state index in [1.165, 1.54) is 0 Å². The van der Waals surface area contributed by atoms with Crippen molar-refractivity contribution in [2.75, 3.05) is 0 Å². The van der Waals surface area contributed by atoms with Gasteiger partial charge in [0.1, 0.15) is 11.4 Å². The molecule has 10 nitrogen and oxygen atoms in total. The number of nitrogens with zero attached hydrogens (tertiary/aromatic N) is 7. The molecule has 6 heterocycles. The molecule has 0 aliphatic heterocycles. The second-order valence-electron chi connectivity index (χ2n) is 9.33. The van der Waals surface area contributed by atoms with Crippen molar-refractivity contribution in [1.29, 1.82) is 0 Å². The van der Waals surface area contributed by atoms with Gasteiger partial charge in [-0.3, -0.25) is 10.1 Å². The summed E-state index contributed by atoms with van der Waals surface area (Å²) in [7, 11) is 0. The molecule has 6 aromatic heterocycles. The van der Waals surface area contributed by atoms with Crippen LogP contribution in [0.15, 0.2) is 92.0 Å². The Morgan fingerprint density at radius 1 is 0.846 bits per heavy atom. The fourth-order valence-electron chi connectivity index (χ4n) is 5.15. The molecule has 186 valence electrons. The van der Waals surface area contributed by atoms with E-state index in [0.29, 0.717) is 18.0 Å². The summed E-state index contributed by atoms with van der Waals surface area (Å²) in [6, 6.07) is 16.4. The van der Waals surface area contributed by atoms with Crippen LogP contribution in [0, 0.1) is 0 Å². The molecule has 0 saturated carbocycles. The van der Waals surface area contributed by atoms with Gasteiger partial charge >= 0.3 is 0 Å². The van der Waals surface area contributed by atoms with Crippen molar-refractivity contribution >= 4 is 32.8 Å². The molecular weight excluding hydrogens is 488 g/mol. The van der Waals surface area contributed by atoms with Gasteiger partial charge in [-0.15, -0.1) is 0 Å². The predicted octanol–water partition coefficient (Wildman–Crippen LogP) is 5.35. The molecule has 0 saturated heterocycles. The summed E-state index contributed by atoms with van der Waals surface area (Å²) in [5, 5.41) is 10.6. The second-order valence-corrected chi connectivity index (χ2v) is 9.33. The van der Waals surface area contributed by atoms with E-state index in [-0.39, 0.29) is 0 Å². The zero-order valence-corrected chi connectivity index (χ0v) is 20.5. The lowest BCUT2D eigenvalue weighted by Crippen LogP contribution is -1.97. The van der Waals surface area contributed by atoms with E-state index in [4.69, 9.17) is 9.97 Å². The van der Waals surface area contributed by atoms with Crippen LogP contribution in [0.25, 0.3) is 67.0 Å². The SMILES string of the molecule is c1cc(Cn2ccnc2)c2nc(-c3[nH]nc4ncc(-c5cnc(-c6ncc[nH]6)c6ccccc56)cc34)[nH]c2c1. The molecule has 0 amide bonds. The van der Waals surface area contributed by atoms with Gasteiger partial charge in [0.25, 0.3) is 0 Å². The van der Waals surface area contributed by atoms with Gasteiger partial charge in [0.05, 0.1) is 29.3 Å². The highest BCUT2D eigenvalue weighted by atomic mass is 15.2. The van der Waals surface area contributed by atoms with Gasteiger partial charge in [-0.05, 0) is 23.1 Å². The fourth-order valence-corrected chi connectivity index (χ4v) is 5.15. The molecule has 0 fully saturated rings. The Morgan fingerprint density at radius 3 is 2.67 bits per heavy atom. The van der Waals surface area contributed by atoms with E-state index in [1.807, 2.05) is 53.8 Å². The van der Waals surface area contributed by atoms with Gasteiger partial charge in [-0.1, -0.05) is 36.4 Å². The average Bonchev–Trinajstić information content (AvgIpc) is 3.79. The zero-order chi connectivity index (χ0) is 25.8. The topological polar surface area (TPSA) is 130 Å². The third-order valence-corrected chi connectivity index (χ3v) is 6.98. The third-order valence-electron chi connectivity index (χ3n) is 6.98. The fraction of sp³-hybridized carbons (Fsp3) is 0.0345. The molecule has 0 radical (unpaired) electrons. The summed E-state index contributed by atoms with van der Waals surface area (Å²) in [4.78, 5) is 29.6. The lowest BCUT2D eigenvalue weighted by atomic mass is 9.99. The molecule has 10 heteroatoms. The van der Waals surface area contributed by atoms with Crippen molar-refractivity contribution in [3.8, 4) is 34.2 Å². The summed E-state index contributed by atoms with van der Waals surface area (Å²) >= 11 is 0. The van der Waals surface area contributed by atoms with Gasteiger partial charge in [-0.25, -0.2) is 19.9 Å². The number of hydrogen-bond acceptors (Lipinski definition) is 6. The Bertz CT molecular complexity index is 2100. The highest BCUT2D eigenvalue weighted by Crippen LogP contribution is 2.35. The van der Waals surface area contributed by atoms with Crippen LogP contribution in [0.2, 0.25) is 0 Å². The number of hydrogen-bond donors (Lipinski definition) is 3. The zero-order valence-electron chi connectivity index (χ0n) is 20.5. The number of imidazole rings is 3. The molecule has 2 aromatic carbocycles. The summed E-state index contributed by atoms with van der Waals surface area (Å²) in [6.07, 6.45) is 12.8. The lowest BCUT2D eigenvalue weighted by molar-refractivity contribution is 0.801. The Balaban J connectivity index is 1.25. The average molecular weight is 509 g/mol. The first kappa shape index (κ1) is 21.4. The number of para-hydroxylation sites is 1. The second kappa shape index (κ2) is 8.45. The molecular formula is C29H20N10. The van der Waals surface area contributed by atoms with E-state index in [0.717, 1.165) is 61.1 Å². The minimum absolute atomic E-state index is 0.623. The van der Waals surface area contributed by atoms with E-state index < -0.39 is 0 Å². The Labute approximate surface area is 220 Å². The number of fused-ring (bicyclic) bond motifs is 3. The quantitative estimate of drug-likeness (QED) is 0.287. The molecule has 0 aliphatic rings.